The summed E-state index contributed by atoms with van der Waals surface area (Å²) in [6.07, 6.45) is 0.327. The lowest BCUT2D eigenvalue weighted by molar-refractivity contribution is -0.161. The molecule has 0 saturated carbocycles. The van der Waals surface area contributed by atoms with E-state index in [0.29, 0.717) is 12.0 Å². The predicted molar refractivity (Wildman–Crippen MR) is 63.7 cm³/mol. The molecule has 2 rings (SSSR count). The number of hydrogen-bond donors (Lipinski definition) is 0. The van der Waals surface area contributed by atoms with Gasteiger partial charge in [0.1, 0.15) is 0 Å². The van der Waals surface area contributed by atoms with E-state index in [-0.39, 0.29) is 0 Å². The number of ether oxygens (including phenoxy) is 2. The lowest BCUT2D eigenvalue weighted by Gasteiger charge is -2.31. The van der Waals surface area contributed by atoms with E-state index in [9.17, 15) is 9.59 Å². The molecule has 1 atom stereocenters. The molecule has 0 fully saturated rings. The highest BCUT2D eigenvalue weighted by molar-refractivity contribution is 9.10. The molecule has 0 saturated heterocycles. The maximum atomic E-state index is 11.8. The summed E-state index contributed by atoms with van der Waals surface area (Å²) in [4.78, 5) is 23.4. The van der Waals surface area contributed by atoms with Crippen LogP contribution in [0.4, 0.5) is 0 Å². The standard InChI is InChI=1S/C12H11BrO4/c1-12(11(15)16-2)6-7-3-4-8(13)5-9(7)10(14)17-12/h3-5H,6H2,1-2H3/t12-/m1/s1. The molecule has 17 heavy (non-hydrogen) atoms. The van der Waals surface area contributed by atoms with Crippen LogP contribution in [-0.4, -0.2) is 24.6 Å². The molecule has 0 N–H and O–H groups in total. The summed E-state index contributed by atoms with van der Waals surface area (Å²) in [5.41, 5.74) is 0.0465. The van der Waals surface area contributed by atoms with Gasteiger partial charge in [-0.25, -0.2) is 9.59 Å². The van der Waals surface area contributed by atoms with E-state index in [0.717, 1.165) is 10.0 Å². The SMILES string of the molecule is COC(=O)[C@@]1(C)Cc2ccc(Br)cc2C(=O)O1. The van der Waals surface area contributed by atoms with E-state index in [1.54, 1.807) is 19.1 Å². The normalized spacial score (nSPS) is 22.6. The molecule has 1 aromatic rings. The highest BCUT2D eigenvalue weighted by Gasteiger charge is 2.43. The van der Waals surface area contributed by atoms with Crippen LogP contribution in [0.25, 0.3) is 0 Å². The molecule has 0 aromatic heterocycles. The van der Waals surface area contributed by atoms with Gasteiger partial charge in [0.15, 0.2) is 0 Å². The number of halogens is 1. The predicted octanol–water partition coefficient (Wildman–Crippen LogP) is 2.09. The second kappa shape index (κ2) is 4.14. The van der Waals surface area contributed by atoms with Crippen molar-refractivity contribution in [3.63, 3.8) is 0 Å². The van der Waals surface area contributed by atoms with Crippen LogP contribution < -0.4 is 0 Å². The Morgan fingerprint density at radius 3 is 2.88 bits per heavy atom. The van der Waals surface area contributed by atoms with E-state index in [1.807, 2.05) is 6.07 Å². The third-order valence-electron chi connectivity index (χ3n) is 2.75. The Balaban J connectivity index is 2.43. The summed E-state index contributed by atoms with van der Waals surface area (Å²) < 4.78 is 10.6. The van der Waals surface area contributed by atoms with Crippen LogP contribution >= 0.6 is 15.9 Å². The first-order valence-electron chi connectivity index (χ1n) is 5.06. The van der Waals surface area contributed by atoms with Crippen molar-refractivity contribution in [2.45, 2.75) is 18.9 Å². The third kappa shape index (κ3) is 2.07. The largest absolute Gasteiger partial charge is 0.466 e. The minimum atomic E-state index is -1.23. The number of carbonyl (C=O) groups excluding carboxylic acids is 2. The molecular formula is C12H11BrO4. The van der Waals surface area contributed by atoms with Gasteiger partial charge in [0.2, 0.25) is 5.60 Å². The van der Waals surface area contributed by atoms with E-state index >= 15 is 0 Å². The molecule has 5 heteroatoms. The van der Waals surface area contributed by atoms with Crippen molar-refractivity contribution in [3.8, 4) is 0 Å². The highest BCUT2D eigenvalue weighted by Crippen LogP contribution is 2.30. The average molecular weight is 299 g/mol. The zero-order valence-electron chi connectivity index (χ0n) is 9.45. The number of methoxy groups -OCH3 is 1. The van der Waals surface area contributed by atoms with Crippen molar-refractivity contribution in [1.82, 2.24) is 0 Å². The van der Waals surface area contributed by atoms with Crippen molar-refractivity contribution in [2.24, 2.45) is 0 Å². The van der Waals surface area contributed by atoms with Gasteiger partial charge >= 0.3 is 11.9 Å². The first-order chi connectivity index (χ1) is 7.96. The number of esters is 2. The Bertz CT molecular complexity index is 497. The number of benzene rings is 1. The Morgan fingerprint density at radius 1 is 1.53 bits per heavy atom. The van der Waals surface area contributed by atoms with Crippen molar-refractivity contribution < 1.29 is 19.1 Å². The molecule has 1 heterocycles. The fourth-order valence-electron chi connectivity index (χ4n) is 1.88. The van der Waals surface area contributed by atoms with Gasteiger partial charge in [-0.2, -0.15) is 0 Å². The fraction of sp³-hybridized carbons (Fsp3) is 0.333. The summed E-state index contributed by atoms with van der Waals surface area (Å²) in [7, 11) is 1.28. The summed E-state index contributed by atoms with van der Waals surface area (Å²) in [5, 5.41) is 0. The summed E-state index contributed by atoms with van der Waals surface area (Å²) in [5.74, 6) is -1.04. The van der Waals surface area contributed by atoms with Crippen molar-refractivity contribution in [3.05, 3.63) is 33.8 Å². The first kappa shape index (κ1) is 12.1. The van der Waals surface area contributed by atoms with Gasteiger partial charge in [0.05, 0.1) is 12.7 Å². The zero-order chi connectivity index (χ0) is 12.6. The number of hydrogen-bond acceptors (Lipinski definition) is 4. The van der Waals surface area contributed by atoms with Gasteiger partial charge in [-0.1, -0.05) is 22.0 Å². The zero-order valence-corrected chi connectivity index (χ0v) is 11.0. The number of rotatable bonds is 1. The molecule has 0 radical (unpaired) electrons. The number of cyclic esters (lactones) is 1. The monoisotopic (exact) mass is 298 g/mol. The van der Waals surface area contributed by atoms with E-state index in [4.69, 9.17) is 4.74 Å². The van der Waals surface area contributed by atoms with E-state index < -0.39 is 17.5 Å². The van der Waals surface area contributed by atoms with Crippen LogP contribution in [0.5, 0.6) is 0 Å². The van der Waals surface area contributed by atoms with Crippen molar-refractivity contribution in [1.29, 1.82) is 0 Å². The molecular weight excluding hydrogens is 288 g/mol. The lowest BCUT2D eigenvalue weighted by Crippen LogP contribution is -2.46. The molecule has 0 unspecified atom stereocenters. The highest BCUT2D eigenvalue weighted by atomic mass is 79.9. The molecule has 0 bridgehead atoms. The van der Waals surface area contributed by atoms with Gasteiger partial charge in [0.25, 0.3) is 0 Å². The minimum Gasteiger partial charge on any atom is -0.466 e. The third-order valence-corrected chi connectivity index (χ3v) is 3.25. The van der Waals surface area contributed by atoms with Gasteiger partial charge < -0.3 is 9.47 Å². The molecule has 0 aliphatic carbocycles. The second-order valence-electron chi connectivity index (χ2n) is 4.09. The van der Waals surface area contributed by atoms with Gasteiger partial charge in [-0.15, -0.1) is 0 Å². The Kier molecular flexibility index (Phi) is 2.95. The van der Waals surface area contributed by atoms with Crippen LogP contribution in [0, 0.1) is 0 Å². The quantitative estimate of drug-likeness (QED) is 0.745. The summed E-state index contributed by atoms with van der Waals surface area (Å²) >= 11 is 3.29. The molecule has 4 nitrogen and oxygen atoms in total. The second-order valence-corrected chi connectivity index (χ2v) is 5.01. The first-order valence-corrected chi connectivity index (χ1v) is 5.86. The average Bonchev–Trinajstić information content (AvgIpc) is 2.29. The molecule has 1 aliphatic heterocycles. The maximum Gasteiger partial charge on any atom is 0.350 e. The molecule has 0 spiro atoms. The Morgan fingerprint density at radius 2 is 2.24 bits per heavy atom. The number of fused-ring (bicyclic) bond motifs is 1. The molecule has 1 aliphatic rings. The van der Waals surface area contributed by atoms with Crippen LogP contribution in [0.2, 0.25) is 0 Å². The number of carbonyl (C=O) groups is 2. The maximum absolute atomic E-state index is 11.8. The van der Waals surface area contributed by atoms with Crippen LogP contribution in [0.15, 0.2) is 22.7 Å². The van der Waals surface area contributed by atoms with Gasteiger partial charge in [-0.3, -0.25) is 0 Å². The van der Waals surface area contributed by atoms with Crippen LogP contribution in [0.3, 0.4) is 0 Å². The summed E-state index contributed by atoms with van der Waals surface area (Å²) in [6.45, 7) is 1.56. The van der Waals surface area contributed by atoms with Crippen molar-refractivity contribution >= 4 is 27.9 Å². The Labute approximate surface area is 107 Å². The van der Waals surface area contributed by atoms with Crippen LogP contribution in [-0.2, 0) is 20.7 Å². The fourth-order valence-corrected chi connectivity index (χ4v) is 2.24. The molecule has 0 amide bonds. The Hall–Kier alpha value is -1.36. The van der Waals surface area contributed by atoms with E-state index in [2.05, 4.69) is 20.7 Å². The van der Waals surface area contributed by atoms with E-state index in [1.165, 1.54) is 7.11 Å². The smallest absolute Gasteiger partial charge is 0.350 e. The molecule has 1 aromatic carbocycles. The summed E-state index contributed by atoms with van der Waals surface area (Å²) in [6, 6.07) is 5.32. The van der Waals surface area contributed by atoms with Crippen LogP contribution in [0.1, 0.15) is 22.8 Å². The van der Waals surface area contributed by atoms with Crippen molar-refractivity contribution in [2.75, 3.05) is 7.11 Å². The van der Waals surface area contributed by atoms with Gasteiger partial charge in [-0.05, 0) is 24.6 Å². The lowest BCUT2D eigenvalue weighted by atomic mass is 9.90. The van der Waals surface area contributed by atoms with Gasteiger partial charge in [0, 0.05) is 10.9 Å². The molecule has 90 valence electrons. The topological polar surface area (TPSA) is 52.6 Å². The minimum absolute atomic E-state index is 0.327.